The standard InChI is InChI=1S/C22H26FN5O3/c1-27-17-11-22(31-13-15(17)18(26-27)20(29)25-12-14-4-5-14)6-9-28(10-7-22)21(30)19-16(23)3-2-8-24-19/h2-3,8,14H,4-7,9-13H2,1H3,(H,25,29). The molecule has 2 amide bonds. The second-order valence-electron chi connectivity index (χ2n) is 8.83. The Bertz CT molecular complexity index is 1020. The van der Waals surface area contributed by atoms with Gasteiger partial charge in [-0.05, 0) is 43.7 Å². The van der Waals surface area contributed by atoms with Gasteiger partial charge in [0.2, 0.25) is 0 Å². The van der Waals surface area contributed by atoms with Crippen LogP contribution in [0.4, 0.5) is 4.39 Å². The Labute approximate surface area is 179 Å². The average molecular weight is 427 g/mol. The van der Waals surface area contributed by atoms with E-state index in [0.717, 1.165) is 11.3 Å². The maximum Gasteiger partial charge on any atom is 0.275 e. The van der Waals surface area contributed by atoms with Gasteiger partial charge < -0.3 is 15.0 Å². The summed E-state index contributed by atoms with van der Waals surface area (Å²) in [6.07, 6.45) is 5.70. The highest BCUT2D eigenvalue weighted by Gasteiger charge is 2.43. The number of carbonyl (C=O) groups is 2. The van der Waals surface area contributed by atoms with Gasteiger partial charge >= 0.3 is 0 Å². The minimum atomic E-state index is -0.603. The summed E-state index contributed by atoms with van der Waals surface area (Å²) in [6.45, 7) is 1.97. The minimum Gasteiger partial charge on any atom is -0.370 e. The third kappa shape index (κ3) is 3.82. The van der Waals surface area contributed by atoms with Crippen molar-refractivity contribution in [2.75, 3.05) is 19.6 Å². The van der Waals surface area contributed by atoms with Crippen LogP contribution < -0.4 is 5.32 Å². The summed E-state index contributed by atoms with van der Waals surface area (Å²) in [6, 6.07) is 2.72. The Kier molecular flexibility index (Phi) is 5.00. The third-order valence-corrected chi connectivity index (χ3v) is 6.67. The molecule has 1 spiro atoms. The van der Waals surface area contributed by atoms with Gasteiger partial charge in [0.05, 0.1) is 12.2 Å². The summed E-state index contributed by atoms with van der Waals surface area (Å²) in [5.41, 5.74) is 1.78. The molecular weight excluding hydrogens is 401 g/mol. The molecule has 1 saturated carbocycles. The normalized spacial score (nSPS) is 19.9. The molecule has 2 fully saturated rings. The fourth-order valence-corrected chi connectivity index (χ4v) is 4.51. The van der Waals surface area contributed by atoms with Crippen LogP contribution in [0, 0.1) is 11.7 Å². The molecule has 0 radical (unpaired) electrons. The van der Waals surface area contributed by atoms with Crippen LogP contribution >= 0.6 is 0 Å². The number of pyridine rings is 1. The molecular formula is C22H26FN5O3. The van der Waals surface area contributed by atoms with Gasteiger partial charge in [-0.1, -0.05) is 0 Å². The lowest BCUT2D eigenvalue weighted by atomic mass is 9.83. The molecule has 1 N–H and O–H groups in total. The Balaban J connectivity index is 1.26. The van der Waals surface area contributed by atoms with E-state index in [1.807, 2.05) is 7.05 Å². The molecule has 2 aromatic heterocycles. The fraction of sp³-hybridized carbons (Fsp3) is 0.545. The van der Waals surface area contributed by atoms with Gasteiger partial charge in [-0.3, -0.25) is 14.3 Å². The van der Waals surface area contributed by atoms with E-state index in [1.165, 1.54) is 31.2 Å². The van der Waals surface area contributed by atoms with E-state index in [4.69, 9.17) is 4.74 Å². The minimum absolute atomic E-state index is 0.138. The molecule has 0 aromatic carbocycles. The van der Waals surface area contributed by atoms with Crippen LogP contribution in [0.3, 0.4) is 0 Å². The Morgan fingerprint density at radius 1 is 1.29 bits per heavy atom. The highest BCUT2D eigenvalue weighted by Crippen LogP contribution is 2.37. The van der Waals surface area contributed by atoms with Crippen molar-refractivity contribution in [2.24, 2.45) is 13.0 Å². The number of aryl methyl sites for hydroxylation is 1. The van der Waals surface area contributed by atoms with Gasteiger partial charge in [-0.25, -0.2) is 9.37 Å². The van der Waals surface area contributed by atoms with E-state index in [0.29, 0.717) is 57.1 Å². The van der Waals surface area contributed by atoms with Gasteiger partial charge in [0.15, 0.2) is 17.2 Å². The molecule has 31 heavy (non-hydrogen) atoms. The first kappa shape index (κ1) is 20.1. The zero-order chi connectivity index (χ0) is 21.6. The highest BCUT2D eigenvalue weighted by atomic mass is 19.1. The highest BCUT2D eigenvalue weighted by molar-refractivity contribution is 5.94. The molecule has 0 atom stereocenters. The first-order chi connectivity index (χ1) is 15.0. The van der Waals surface area contributed by atoms with Crippen molar-refractivity contribution in [2.45, 2.75) is 44.3 Å². The number of rotatable bonds is 4. The number of hydrogen-bond acceptors (Lipinski definition) is 5. The topological polar surface area (TPSA) is 89.4 Å². The molecule has 1 saturated heterocycles. The summed E-state index contributed by atoms with van der Waals surface area (Å²) >= 11 is 0. The van der Waals surface area contributed by atoms with Crippen LogP contribution in [0.25, 0.3) is 0 Å². The maximum absolute atomic E-state index is 13.9. The fourth-order valence-electron chi connectivity index (χ4n) is 4.51. The van der Waals surface area contributed by atoms with Gasteiger partial charge in [0, 0.05) is 50.6 Å². The Hall–Kier alpha value is -2.81. The summed E-state index contributed by atoms with van der Waals surface area (Å²) in [4.78, 5) is 30.8. The lowest BCUT2D eigenvalue weighted by Gasteiger charge is -2.43. The lowest BCUT2D eigenvalue weighted by Crippen LogP contribution is -2.51. The SMILES string of the molecule is Cn1nc(C(=O)NCC2CC2)c2c1CC1(CCN(C(=O)c3ncccc3F)CC1)OC2. The smallest absolute Gasteiger partial charge is 0.275 e. The maximum atomic E-state index is 13.9. The summed E-state index contributed by atoms with van der Waals surface area (Å²) in [5.74, 6) is -0.523. The molecule has 4 heterocycles. The number of aromatic nitrogens is 3. The largest absolute Gasteiger partial charge is 0.370 e. The molecule has 9 heteroatoms. The Morgan fingerprint density at radius 3 is 2.77 bits per heavy atom. The van der Waals surface area contributed by atoms with E-state index in [-0.39, 0.29) is 17.5 Å². The number of amides is 2. The summed E-state index contributed by atoms with van der Waals surface area (Å²) < 4.78 is 22.0. The third-order valence-electron chi connectivity index (χ3n) is 6.67. The monoisotopic (exact) mass is 427 g/mol. The first-order valence-electron chi connectivity index (χ1n) is 10.8. The van der Waals surface area contributed by atoms with Crippen molar-refractivity contribution in [1.29, 1.82) is 0 Å². The van der Waals surface area contributed by atoms with Crippen LogP contribution in [0.1, 0.15) is 57.9 Å². The first-order valence-corrected chi connectivity index (χ1v) is 10.8. The number of nitrogens with one attached hydrogen (secondary N) is 1. The summed E-state index contributed by atoms with van der Waals surface area (Å²) in [5, 5.41) is 7.45. The molecule has 1 aliphatic carbocycles. The van der Waals surface area contributed by atoms with Crippen LogP contribution in [-0.4, -0.2) is 56.7 Å². The van der Waals surface area contributed by atoms with Crippen molar-refractivity contribution in [1.82, 2.24) is 25.0 Å². The zero-order valence-corrected chi connectivity index (χ0v) is 17.6. The van der Waals surface area contributed by atoms with E-state index in [2.05, 4.69) is 15.4 Å². The second kappa shape index (κ2) is 7.71. The quantitative estimate of drug-likeness (QED) is 0.804. The van der Waals surface area contributed by atoms with Crippen molar-refractivity contribution < 1.29 is 18.7 Å². The van der Waals surface area contributed by atoms with Gasteiger partial charge in [0.1, 0.15) is 0 Å². The molecule has 5 rings (SSSR count). The van der Waals surface area contributed by atoms with Crippen molar-refractivity contribution in [3.63, 3.8) is 0 Å². The summed E-state index contributed by atoms with van der Waals surface area (Å²) in [7, 11) is 1.86. The van der Waals surface area contributed by atoms with E-state index in [1.54, 1.807) is 9.58 Å². The van der Waals surface area contributed by atoms with Crippen LogP contribution in [0.15, 0.2) is 18.3 Å². The zero-order valence-electron chi connectivity index (χ0n) is 17.6. The van der Waals surface area contributed by atoms with Crippen molar-refractivity contribution in [3.8, 4) is 0 Å². The number of fused-ring (bicyclic) bond motifs is 1. The predicted molar refractivity (Wildman–Crippen MR) is 109 cm³/mol. The number of nitrogens with zero attached hydrogens (tertiary/aromatic N) is 4. The molecule has 3 aliphatic rings. The van der Waals surface area contributed by atoms with Gasteiger partial charge in [0.25, 0.3) is 11.8 Å². The lowest BCUT2D eigenvalue weighted by molar-refractivity contribution is -0.0990. The number of piperidine rings is 1. The average Bonchev–Trinajstić information content (AvgIpc) is 3.55. The Morgan fingerprint density at radius 2 is 2.06 bits per heavy atom. The van der Waals surface area contributed by atoms with Gasteiger partial charge in [-0.2, -0.15) is 5.10 Å². The van der Waals surface area contributed by atoms with E-state index < -0.39 is 11.4 Å². The molecule has 0 bridgehead atoms. The second-order valence-corrected chi connectivity index (χ2v) is 8.83. The molecule has 0 unspecified atom stereocenters. The van der Waals surface area contributed by atoms with Crippen molar-refractivity contribution in [3.05, 3.63) is 46.8 Å². The van der Waals surface area contributed by atoms with Crippen LogP contribution in [0.5, 0.6) is 0 Å². The number of hydrogen-bond donors (Lipinski definition) is 1. The van der Waals surface area contributed by atoms with Crippen LogP contribution in [0.2, 0.25) is 0 Å². The molecule has 2 aromatic rings. The number of ether oxygens (including phenoxy) is 1. The molecule has 2 aliphatic heterocycles. The number of likely N-dealkylation sites (tertiary alicyclic amines) is 1. The van der Waals surface area contributed by atoms with Crippen LogP contribution in [-0.2, 0) is 24.8 Å². The van der Waals surface area contributed by atoms with E-state index >= 15 is 0 Å². The number of halogens is 1. The molecule has 8 nitrogen and oxygen atoms in total. The number of carbonyl (C=O) groups excluding carboxylic acids is 2. The van der Waals surface area contributed by atoms with Gasteiger partial charge in [-0.15, -0.1) is 0 Å². The predicted octanol–water partition coefficient (Wildman–Crippen LogP) is 1.84. The van der Waals surface area contributed by atoms with Crippen molar-refractivity contribution >= 4 is 11.8 Å². The molecule has 164 valence electrons. The van der Waals surface area contributed by atoms with E-state index in [9.17, 15) is 14.0 Å².